The second-order valence-corrected chi connectivity index (χ2v) is 6.63. The minimum atomic E-state index is 0.652. The lowest BCUT2D eigenvalue weighted by atomic mass is 10.1. The van der Waals surface area contributed by atoms with Crippen LogP contribution in [0.1, 0.15) is 26.7 Å². The van der Waals surface area contributed by atoms with Gasteiger partial charge in [0.2, 0.25) is 0 Å². The van der Waals surface area contributed by atoms with E-state index in [-0.39, 0.29) is 0 Å². The molecular formula is C17H24N4OS. The number of aliphatic imine (C=N–C) groups is 1. The summed E-state index contributed by atoms with van der Waals surface area (Å²) in [5.41, 5.74) is 3.38. The lowest BCUT2D eigenvalue weighted by Crippen LogP contribution is -2.36. The molecular weight excluding hydrogens is 308 g/mol. The Morgan fingerprint density at radius 1 is 1.22 bits per heavy atom. The summed E-state index contributed by atoms with van der Waals surface area (Å²) in [6, 6.07) is 6.19. The molecule has 0 amide bonds. The number of ether oxygens (including phenoxy) is 1. The van der Waals surface area contributed by atoms with Crippen molar-refractivity contribution >= 4 is 17.3 Å². The van der Waals surface area contributed by atoms with Gasteiger partial charge in [-0.15, -0.1) is 11.3 Å². The predicted octanol–water partition coefficient (Wildman–Crippen LogP) is 2.94. The van der Waals surface area contributed by atoms with Gasteiger partial charge in [0.1, 0.15) is 10.8 Å². The van der Waals surface area contributed by atoms with Gasteiger partial charge in [-0.2, -0.15) is 0 Å². The number of aryl methyl sites for hydroxylation is 3. The summed E-state index contributed by atoms with van der Waals surface area (Å²) in [6.45, 7) is 7.50. The first-order chi connectivity index (χ1) is 11.0. The Morgan fingerprint density at radius 2 is 1.96 bits per heavy atom. The largest absolute Gasteiger partial charge is 0.496 e. The van der Waals surface area contributed by atoms with Crippen molar-refractivity contribution in [3.05, 3.63) is 44.9 Å². The van der Waals surface area contributed by atoms with Crippen LogP contribution in [0.25, 0.3) is 0 Å². The smallest absolute Gasteiger partial charge is 0.191 e. The van der Waals surface area contributed by atoms with Crippen LogP contribution in [0.15, 0.2) is 23.2 Å². The van der Waals surface area contributed by atoms with Gasteiger partial charge in [-0.3, -0.25) is 4.99 Å². The summed E-state index contributed by atoms with van der Waals surface area (Å²) in [5.74, 6) is 1.64. The minimum absolute atomic E-state index is 0.652. The van der Waals surface area contributed by atoms with E-state index in [1.807, 2.05) is 13.0 Å². The van der Waals surface area contributed by atoms with E-state index < -0.39 is 0 Å². The predicted molar refractivity (Wildman–Crippen MR) is 96.4 cm³/mol. The van der Waals surface area contributed by atoms with Gasteiger partial charge < -0.3 is 15.4 Å². The number of benzene rings is 1. The van der Waals surface area contributed by atoms with Gasteiger partial charge >= 0.3 is 0 Å². The van der Waals surface area contributed by atoms with Crippen molar-refractivity contribution in [2.45, 2.75) is 33.9 Å². The van der Waals surface area contributed by atoms with Crippen LogP contribution in [0, 0.1) is 20.8 Å². The van der Waals surface area contributed by atoms with Crippen LogP contribution in [-0.2, 0) is 13.1 Å². The lowest BCUT2D eigenvalue weighted by molar-refractivity contribution is 0.408. The number of hydrogen-bond donors (Lipinski definition) is 2. The van der Waals surface area contributed by atoms with Crippen LogP contribution >= 0.6 is 11.3 Å². The van der Waals surface area contributed by atoms with Crippen molar-refractivity contribution in [1.82, 2.24) is 15.6 Å². The number of guanidine groups is 1. The monoisotopic (exact) mass is 332 g/mol. The molecule has 6 heteroatoms. The Balaban J connectivity index is 1.93. The van der Waals surface area contributed by atoms with Gasteiger partial charge in [0.05, 0.1) is 19.3 Å². The maximum atomic E-state index is 5.43. The molecule has 0 saturated carbocycles. The second-order valence-electron chi connectivity index (χ2n) is 5.34. The van der Waals surface area contributed by atoms with E-state index >= 15 is 0 Å². The van der Waals surface area contributed by atoms with Crippen molar-refractivity contribution < 1.29 is 4.74 Å². The molecule has 0 bridgehead atoms. The molecule has 0 aliphatic heterocycles. The van der Waals surface area contributed by atoms with Crippen molar-refractivity contribution in [3.63, 3.8) is 0 Å². The molecule has 0 unspecified atom stereocenters. The molecule has 0 fully saturated rings. The first-order valence-corrected chi connectivity index (χ1v) is 8.36. The third-order valence-electron chi connectivity index (χ3n) is 3.59. The van der Waals surface area contributed by atoms with Crippen LogP contribution < -0.4 is 15.4 Å². The minimum Gasteiger partial charge on any atom is -0.496 e. The maximum Gasteiger partial charge on any atom is 0.191 e. The van der Waals surface area contributed by atoms with Gasteiger partial charge in [-0.1, -0.05) is 12.1 Å². The van der Waals surface area contributed by atoms with Crippen LogP contribution in [0.5, 0.6) is 5.75 Å². The molecule has 0 atom stereocenters. The van der Waals surface area contributed by atoms with Crippen LogP contribution in [0.4, 0.5) is 0 Å². The van der Waals surface area contributed by atoms with E-state index in [4.69, 9.17) is 4.74 Å². The normalized spacial score (nSPS) is 11.4. The Bertz CT molecular complexity index is 674. The Hall–Kier alpha value is -2.08. The number of thiazole rings is 1. The van der Waals surface area contributed by atoms with Crippen LogP contribution in [0.2, 0.25) is 0 Å². The van der Waals surface area contributed by atoms with Gasteiger partial charge in [0, 0.05) is 24.0 Å². The highest BCUT2D eigenvalue weighted by molar-refractivity contribution is 7.11. The molecule has 2 aromatic rings. The molecule has 0 aliphatic rings. The molecule has 1 aromatic carbocycles. The summed E-state index contributed by atoms with van der Waals surface area (Å²) in [5, 5.41) is 7.66. The van der Waals surface area contributed by atoms with Crippen molar-refractivity contribution in [3.8, 4) is 5.75 Å². The molecule has 0 saturated heterocycles. The number of rotatable bonds is 5. The average Bonchev–Trinajstić information content (AvgIpc) is 2.86. The zero-order valence-electron chi connectivity index (χ0n) is 14.4. The molecule has 23 heavy (non-hydrogen) atoms. The molecule has 0 radical (unpaired) electrons. The van der Waals surface area contributed by atoms with E-state index in [1.165, 1.54) is 10.4 Å². The molecule has 124 valence electrons. The van der Waals surface area contributed by atoms with E-state index in [2.05, 4.69) is 46.6 Å². The Labute approximate surface area is 141 Å². The number of nitrogens with zero attached hydrogens (tertiary/aromatic N) is 2. The molecule has 1 heterocycles. The zero-order valence-corrected chi connectivity index (χ0v) is 15.2. The second kappa shape index (κ2) is 7.97. The molecule has 0 spiro atoms. The standard InChI is InChI=1S/C17H24N4OS/c1-11-6-7-14(15(8-11)22-5)9-19-17(18-4)20-10-16-21-12(2)13(3)23-16/h6-8H,9-10H2,1-5H3,(H2,18,19,20). The highest BCUT2D eigenvalue weighted by Crippen LogP contribution is 2.19. The quantitative estimate of drug-likeness (QED) is 0.653. The number of hydrogen-bond acceptors (Lipinski definition) is 4. The van der Waals surface area contributed by atoms with E-state index in [0.717, 1.165) is 28.0 Å². The summed E-state index contributed by atoms with van der Waals surface area (Å²) < 4.78 is 5.43. The number of aromatic nitrogens is 1. The van der Waals surface area contributed by atoms with Gasteiger partial charge in [-0.25, -0.2) is 4.98 Å². The lowest BCUT2D eigenvalue weighted by Gasteiger charge is -2.13. The molecule has 0 aliphatic carbocycles. The Kier molecular flexibility index (Phi) is 5.98. The summed E-state index contributed by atoms with van der Waals surface area (Å²) in [6.07, 6.45) is 0. The topological polar surface area (TPSA) is 58.5 Å². The fourth-order valence-electron chi connectivity index (χ4n) is 2.17. The van der Waals surface area contributed by atoms with Gasteiger partial charge in [0.15, 0.2) is 5.96 Å². The first-order valence-electron chi connectivity index (χ1n) is 7.54. The number of methoxy groups -OCH3 is 1. The summed E-state index contributed by atoms with van der Waals surface area (Å²) in [7, 11) is 3.46. The van der Waals surface area contributed by atoms with Crippen molar-refractivity contribution in [1.29, 1.82) is 0 Å². The molecule has 2 N–H and O–H groups in total. The zero-order chi connectivity index (χ0) is 16.8. The van der Waals surface area contributed by atoms with Gasteiger partial charge in [-0.05, 0) is 32.4 Å². The fraction of sp³-hybridized carbons (Fsp3) is 0.412. The van der Waals surface area contributed by atoms with E-state index in [1.54, 1.807) is 25.5 Å². The SMILES string of the molecule is CN=C(NCc1nc(C)c(C)s1)NCc1ccc(C)cc1OC. The van der Waals surface area contributed by atoms with Crippen LogP contribution in [0.3, 0.4) is 0 Å². The van der Waals surface area contributed by atoms with E-state index in [9.17, 15) is 0 Å². The van der Waals surface area contributed by atoms with Gasteiger partial charge in [0.25, 0.3) is 0 Å². The maximum absolute atomic E-state index is 5.43. The third kappa shape index (κ3) is 4.69. The number of nitrogens with one attached hydrogen (secondary N) is 2. The highest BCUT2D eigenvalue weighted by atomic mass is 32.1. The Morgan fingerprint density at radius 3 is 2.57 bits per heavy atom. The molecule has 1 aromatic heterocycles. The van der Waals surface area contributed by atoms with Crippen LogP contribution in [-0.4, -0.2) is 25.1 Å². The highest BCUT2D eigenvalue weighted by Gasteiger charge is 2.07. The van der Waals surface area contributed by atoms with Crippen molar-refractivity contribution in [2.75, 3.05) is 14.2 Å². The third-order valence-corrected chi connectivity index (χ3v) is 4.67. The molecule has 5 nitrogen and oxygen atoms in total. The average molecular weight is 332 g/mol. The summed E-state index contributed by atoms with van der Waals surface area (Å²) >= 11 is 1.71. The molecule has 2 rings (SSSR count). The summed E-state index contributed by atoms with van der Waals surface area (Å²) in [4.78, 5) is 10.0. The first kappa shape index (κ1) is 17.3. The fourth-order valence-corrected chi connectivity index (χ4v) is 3.05. The van der Waals surface area contributed by atoms with E-state index in [0.29, 0.717) is 13.1 Å². The van der Waals surface area contributed by atoms with Crippen molar-refractivity contribution in [2.24, 2.45) is 4.99 Å².